The number of rotatable bonds is 5. The third-order valence-corrected chi connectivity index (χ3v) is 4.04. The molecule has 0 radical (unpaired) electrons. The molecule has 2 amide bonds. The van der Waals surface area contributed by atoms with E-state index >= 15 is 0 Å². The number of hydrogen-bond acceptors (Lipinski definition) is 4. The fraction of sp³-hybridized carbons (Fsp3) is 0.0625. The summed E-state index contributed by atoms with van der Waals surface area (Å²) in [5.74, 6) is -1.25. The second-order valence-electron chi connectivity index (χ2n) is 4.84. The summed E-state index contributed by atoms with van der Waals surface area (Å²) in [6.45, 7) is -0.193. The van der Waals surface area contributed by atoms with Crippen LogP contribution in [0.25, 0.3) is 5.69 Å². The molecule has 24 heavy (non-hydrogen) atoms. The Bertz CT molecular complexity index is 847. The van der Waals surface area contributed by atoms with Gasteiger partial charge in [0.05, 0.1) is 23.4 Å². The third-order valence-electron chi connectivity index (χ3n) is 3.17. The number of carbonyl (C=O) groups excluding carboxylic acids is 2. The van der Waals surface area contributed by atoms with Crippen LogP contribution >= 0.6 is 11.3 Å². The Labute approximate surface area is 141 Å². The minimum atomic E-state index is -0.492. The van der Waals surface area contributed by atoms with Crippen molar-refractivity contribution in [3.63, 3.8) is 0 Å². The number of nitrogens with one attached hydrogen (secondary N) is 2. The molecule has 0 fully saturated rings. The predicted molar refractivity (Wildman–Crippen MR) is 88.8 cm³/mol. The molecule has 0 atom stereocenters. The summed E-state index contributed by atoms with van der Waals surface area (Å²) in [5.41, 5.74) is 0.642. The van der Waals surface area contributed by atoms with Crippen LogP contribution in [0.4, 0.5) is 10.1 Å². The van der Waals surface area contributed by atoms with Gasteiger partial charge in [-0.15, -0.1) is 11.3 Å². The van der Waals surface area contributed by atoms with Crippen LogP contribution in [0.1, 0.15) is 9.67 Å². The summed E-state index contributed by atoms with van der Waals surface area (Å²) in [5, 5.41) is 6.82. The van der Waals surface area contributed by atoms with Crippen molar-refractivity contribution in [2.75, 3.05) is 11.9 Å². The molecule has 0 saturated carbocycles. The number of aromatic nitrogens is 2. The van der Waals surface area contributed by atoms with Gasteiger partial charge in [-0.05, 0) is 29.6 Å². The average molecular weight is 344 g/mol. The van der Waals surface area contributed by atoms with Gasteiger partial charge in [0.1, 0.15) is 5.82 Å². The number of thiophene rings is 1. The van der Waals surface area contributed by atoms with Gasteiger partial charge in [-0.3, -0.25) is 9.59 Å². The molecule has 0 aliphatic carbocycles. The van der Waals surface area contributed by atoms with E-state index < -0.39 is 11.7 Å². The summed E-state index contributed by atoms with van der Waals surface area (Å²) in [6.07, 6.45) is 4.65. The van der Waals surface area contributed by atoms with Crippen LogP contribution in [-0.4, -0.2) is 27.9 Å². The first kappa shape index (κ1) is 15.9. The Morgan fingerprint density at radius 1 is 1.29 bits per heavy atom. The molecule has 0 aliphatic heterocycles. The first-order valence-corrected chi connectivity index (χ1v) is 7.91. The molecular formula is C16H13FN4O2S. The molecule has 2 heterocycles. The molecule has 8 heteroatoms. The van der Waals surface area contributed by atoms with Gasteiger partial charge in [-0.25, -0.2) is 9.37 Å². The van der Waals surface area contributed by atoms with Gasteiger partial charge in [-0.1, -0.05) is 6.07 Å². The number of nitrogens with zero attached hydrogens (tertiary/aromatic N) is 2. The van der Waals surface area contributed by atoms with Gasteiger partial charge in [0.2, 0.25) is 5.91 Å². The fourth-order valence-electron chi connectivity index (χ4n) is 2.06. The Balaban J connectivity index is 1.58. The van der Waals surface area contributed by atoms with Crippen molar-refractivity contribution >= 4 is 28.8 Å². The Hall–Kier alpha value is -3.00. The van der Waals surface area contributed by atoms with E-state index in [0.717, 1.165) is 0 Å². The van der Waals surface area contributed by atoms with Crippen LogP contribution in [0, 0.1) is 5.82 Å². The zero-order valence-corrected chi connectivity index (χ0v) is 13.2. The number of imidazole rings is 1. The molecule has 0 saturated heterocycles. The Kier molecular flexibility index (Phi) is 4.66. The van der Waals surface area contributed by atoms with Crippen molar-refractivity contribution in [3.05, 3.63) is 65.1 Å². The quantitative estimate of drug-likeness (QED) is 0.746. The zero-order valence-electron chi connectivity index (χ0n) is 12.4. The third kappa shape index (κ3) is 3.66. The molecular weight excluding hydrogens is 331 g/mol. The number of hydrogen-bond donors (Lipinski definition) is 2. The summed E-state index contributed by atoms with van der Waals surface area (Å²) in [4.78, 5) is 28.0. The summed E-state index contributed by atoms with van der Waals surface area (Å²) >= 11 is 1.29. The number of benzene rings is 1. The van der Waals surface area contributed by atoms with Crippen molar-refractivity contribution in [1.82, 2.24) is 14.9 Å². The monoisotopic (exact) mass is 344 g/mol. The van der Waals surface area contributed by atoms with Gasteiger partial charge in [0, 0.05) is 18.1 Å². The van der Waals surface area contributed by atoms with Crippen LogP contribution in [0.2, 0.25) is 0 Å². The molecule has 0 bridgehead atoms. The normalized spacial score (nSPS) is 10.4. The highest BCUT2D eigenvalue weighted by molar-refractivity contribution is 7.12. The Morgan fingerprint density at radius 3 is 2.83 bits per heavy atom. The van der Waals surface area contributed by atoms with E-state index in [4.69, 9.17) is 0 Å². The standard InChI is InChI=1S/C16H13FN4O2S/c17-12-8-11(3-4-13(12)21-6-5-18-10-21)20-15(22)9-19-16(23)14-2-1-7-24-14/h1-8,10H,9H2,(H,19,23)(H,20,22). The minimum Gasteiger partial charge on any atom is -0.342 e. The maximum atomic E-state index is 14.1. The number of amides is 2. The molecule has 1 aromatic carbocycles. The maximum absolute atomic E-state index is 14.1. The van der Waals surface area contributed by atoms with Crippen LogP contribution in [0.3, 0.4) is 0 Å². The second-order valence-corrected chi connectivity index (χ2v) is 5.79. The van der Waals surface area contributed by atoms with Crippen LogP contribution in [0.15, 0.2) is 54.4 Å². The van der Waals surface area contributed by atoms with E-state index in [9.17, 15) is 14.0 Å². The maximum Gasteiger partial charge on any atom is 0.261 e. The van der Waals surface area contributed by atoms with Crippen molar-refractivity contribution in [3.8, 4) is 5.69 Å². The lowest BCUT2D eigenvalue weighted by Gasteiger charge is -2.09. The minimum absolute atomic E-state index is 0.193. The van der Waals surface area contributed by atoms with Crippen LogP contribution < -0.4 is 10.6 Å². The van der Waals surface area contributed by atoms with E-state index in [0.29, 0.717) is 16.3 Å². The van der Waals surface area contributed by atoms with Crippen molar-refractivity contribution in [2.24, 2.45) is 0 Å². The fourth-order valence-corrected chi connectivity index (χ4v) is 2.70. The molecule has 0 unspecified atom stereocenters. The predicted octanol–water partition coefficient (Wildman–Crippen LogP) is 2.44. The van der Waals surface area contributed by atoms with Crippen molar-refractivity contribution in [1.29, 1.82) is 0 Å². The molecule has 122 valence electrons. The van der Waals surface area contributed by atoms with Gasteiger partial charge >= 0.3 is 0 Å². The topological polar surface area (TPSA) is 76.0 Å². The molecule has 3 aromatic rings. The van der Waals surface area contributed by atoms with E-state index in [1.54, 1.807) is 36.0 Å². The van der Waals surface area contributed by atoms with Crippen molar-refractivity contribution in [2.45, 2.75) is 0 Å². The first-order chi connectivity index (χ1) is 11.6. The summed E-state index contributed by atoms with van der Waals surface area (Å²) < 4.78 is 15.6. The van der Waals surface area contributed by atoms with Crippen LogP contribution in [-0.2, 0) is 4.79 Å². The number of anilines is 1. The molecule has 0 aliphatic rings. The van der Waals surface area contributed by atoms with E-state index in [1.165, 1.54) is 34.4 Å². The van der Waals surface area contributed by atoms with Gasteiger partial charge < -0.3 is 15.2 Å². The SMILES string of the molecule is O=C(CNC(=O)c1cccs1)Nc1ccc(-n2ccnc2)c(F)c1. The van der Waals surface area contributed by atoms with E-state index in [1.807, 2.05) is 0 Å². The van der Waals surface area contributed by atoms with Gasteiger partial charge in [0.15, 0.2) is 0 Å². The lowest BCUT2D eigenvalue weighted by molar-refractivity contribution is -0.115. The number of halogens is 1. The zero-order chi connectivity index (χ0) is 16.9. The molecule has 6 nitrogen and oxygen atoms in total. The highest BCUT2D eigenvalue weighted by atomic mass is 32.1. The largest absolute Gasteiger partial charge is 0.342 e. The highest BCUT2D eigenvalue weighted by Crippen LogP contribution is 2.18. The highest BCUT2D eigenvalue weighted by Gasteiger charge is 2.10. The van der Waals surface area contributed by atoms with Gasteiger partial charge in [-0.2, -0.15) is 0 Å². The number of carbonyl (C=O) groups is 2. The second kappa shape index (κ2) is 7.05. The summed E-state index contributed by atoms with van der Waals surface area (Å²) in [6, 6.07) is 7.76. The Morgan fingerprint density at radius 2 is 2.17 bits per heavy atom. The summed E-state index contributed by atoms with van der Waals surface area (Å²) in [7, 11) is 0. The van der Waals surface area contributed by atoms with Gasteiger partial charge in [0.25, 0.3) is 5.91 Å². The molecule has 2 aromatic heterocycles. The molecule has 2 N–H and O–H groups in total. The lowest BCUT2D eigenvalue weighted by atomic mass is 10.2. The molecule has 0 spiro atoms. The van der Waals surface area contributed by atoms with Crippen molar-refractivity contribution < 1.29 is 14.0 Å². The van der Waals surface area contributed by atoms with E-state index in [-0.39, 0.29) is 12.5 Å². The lowest BCUT2D eigenvalue weighted by Crippen LogP contribution is -2.32. The van der Waals surface area contributed by atoms with E-state index in [2.05, 4.69) is 15.6 Å². The smallest absolute Gasteiger partial charge is 0.261 e. The first-order valence-electron chi connectivity index (χ1n) is 7.03. The van der Waals surface area contributed by atoms with Crippen LogP contribution in [0.5, 0.6) is 0 Å². The average Bonchev–Trinajstić information content (AvgIpc) is 3.26. The molecule has 3 rings (SSSR count).